The maximum absolute atomic E-state index is 13.0. The number of carbonyl (C=O) groups is 2. The van der Waals surface area contributed by atoms with Crippen molar-refractivity contribution in [3.05, 3.63) is 53.5 Å². The highest BCUT2D eigenvalue weighted by molar-refractivity contribution is 7.18. The van der Waals surface area contributed by atoms with Gasteiger partial charge in [-0.3, -0.25) is 4.79 Å². The molecule has 3 heterocycles. The number of amides is 1. The number of aromatic nitrogens is 2. The summed E-state index contributed by atoms with van der Waals surface area (Å²) in [5, 5.41) is 8.00. The number of rotatable bonds is 7. The van der Waals surface area contributed by atoms with Gasteiger partial charge in [0.05, 0.1) is 24.4 Å². The molecule has 2 aromatic heterocycles. The van der Waals surface area contributed by atoms with E-state index >= 15 is 0 Å². The number of ether oxygens (including phenoxy) is 2. The summed E-state index contributed by atoms with van der Waals surface area (Å²) in [6.45, 7) is 8.33. The summed E-state index contributed by atoms with van der Waals surface area (Å²) in [7, 11) is 0. The average molecular weight is 469 g/mol. The van der Waals surface area contributed by atoms with Crippen LogP contribution in [0.2, 0.25) is 0 Å². The highest BCUT2D eigenvalue weighted by atomic mass is 32.1. The van der Waals surface area contributed by atoms with Crippen LogP contribution >= 0.6 is 11.3 Å². The third-order valence-corrected chi connectivity index (χ3v) is 6.54. The van der Waals surface area contributed by atoms with Crippen LogP contribution in [0.25, 0.3) is 11.1 Å². The molecule has 8 nitrogen and oxygen atoms in total. The molecule has 1 aliphatic rings. The van der Waals surface area contributed by atoms with Gasteiger partial charge in [-0.05, 0) is 32.4 Å². The first-order valence-corrected chi connectivity index (χ1v) is 11.8. The minimum absolute atomic E-state index is 0.0919. The number of carbonyl (C=O) groups excluding carboxylic acids is 2. The third-order valence-electron chi connectivity index (χ3n) is 5.36. The molecule has 1 saturated heterocycles. The second-order valence-electron chi connectivity index (χ2n) is 8.09. The van der Waals surface area contributed by atoms with Gasteiger partial charge in [-0.2, -0.15) is 5.10 Å². The Morgan fingerprint density at radius 2 is 1.85 bits per heavy atom. The Hall–Kier alpha value is -3.17. The number of hydrogen-bond donors (Lipinski definition) is 1. The Kier molecular flexibility index (Phi) is 7.10. The highest BCUT2D eigenvalue weighted by Crippen LogP contribution is 2.39. The zero-order valence-corrected chi connectivity index (χ0v) is 19.8. The van der Waals surface area contributed by atoms with Crippen molar-refractivity contribution < 1.29 is 19.1 Å². The lowest BCUT2D eigenvalue weighted by molar-refractivity contribution is -0.123. The van der Waals surface area contributed by atoms with Gasteiger partial charge in [-0.15, -0.1) is 11.3 Å². The van der Waals surface area contributed by atoms with E-state index in [0.29, 0.717) is 23.9 Å². The molecule has 0 aliphatic carbocycles. The van der Waals surface area contributed by atoms with Gasteiger partial charge in [0.1, 0.15) is 10.7 Å². The molecule has 0 spiro atoms. The summed E-state index contributed by atoms with van der Waals surface area (Å²) < 4.78 is 12.7. The number of nitrogens with one attached hydrogen (secondary N) is 1. The number of nitrogens with zero attached hydrogens (tertiary/aromatic N) is 3. The lowest BCUT2D eigenvalue weighted by atomic mass is 10.1. The molecule has 1 aliphatic heterocycles. The van der Waals surface area contributed by atoms with E-state index in [9.17, 15) is 9.59 Å². The van der Waals surface area contributed by atoms with E-state index in [1.807, 2.05) is 50.2 Å². The fourth-order valence-corrected chi connectivity index (χ4v) is 4.75. The number of morpholine rings is 1. The first-order chi connectivity index (χ1) is 15.9. The molecule has 1 atom stereocenters. The van der Waals surface area contributed by atoms with Crippen molar-refractivity contribution in [1.82, 2.24) is 9.78 Å². The lowest BCUT2D eigenvalue weighted by Crippen LogP contribution is -2.35. The molecule has 0 radical (unpaired) electrons. The molecule has 1 fully saturated rings. The predicted octanol–water partition coefficient (Wildman–Crippen LogP) is 4.21. The summed E-state index contributed by atoms with van der Waals surface area (Å²) in [5.74, 6) is -0.356. The molecule has 4 rings (SSSR count). The van der Waals surface area contributed by atoms with Crippen molar-refractivity contribution in [3.63, 3.8) is 0 Å². The van der Waals surface area contributed by atoms with Gasteiger partial charge in [-0.25, -0.2) is 9.48 Å². The molecule has 33 heavy (non-hydrogen) atoms. The van der Waals surface area contributed by atoms with Gasteiger partial charge in [-0.1, -0.05) is 30.3 Å². The van der Waals surface area contributed by atoms with Gasteiger partial charge in [0.15, 0.2) is 6.10 Å². The minimum atomic E-state index is -0.956. The standard InChI is InChI=1S/C24H28N4O4S/c1-16(2)28-21(9-10-25-28)26-22(29)17(3)32-24(30)20-15-19(18-7-5-4-6-8-18)23(33-20)27-11-13-31-14-12-27/h4-10,15-17H,11-14H2,1-3H3,(H,26,29)/t17-/m1/s1. The van der Waals surface area contributed by atoms with E-state index in [1.54, 1.807) is 23.9 Å². The summed E-state index contributed by atoms with van der Waals surface area (Å²) >= 11 is 1.38. The zero-order chi connectivity index (χ0) is 23.4. The fraction of sp³-hybridized carbons (Fsp3) is 0.375. The van der Waals surface area contributed by atoms with E-state index < -0.39 is 18.0 Å². The smallest absolute Gasteiger partial charge is 0.349 e. The molecular weight excluding hydrogens is 440 g/mol. The molecule has 174 valence electrons. The highest BCUT2D eigenvalue weighted by Gasteiger charge is 2.25. The van der Waals surface area contributed by atoms with Crippen LogP contribution in [0.15, 0.2) is 48.7 Å². The van der Waals surface area contributed by atoms with Crippen molar-refractivity contribution >= 4 is 34.0 Å². The van der Waals surface area contributed by atoms with Crippen LogP contribution in [0.1, 0.15) is 36.5 Å². The third kappa shape index (κ3) is 5.26. The maximum atomic E-state index is 13.0. The van der Waals surface area contributed by atoms with Crippen LogP contribution in [0.3, 0.4) is 0 Å². The molecule has 3 aromatic rings. The topological polar surface area (TPSA) is 85.7 Å². The van der Waals surface area contributed by atoms with Crippen LogP contribution in [0, 0.1) is 0 Å². The minimum Gasteiger partial charge on any atom is -0.448 e. The Labute approximate surface area is 197 Å². The predicted molar refractivity (Wildman–Crippen MR) is 129 cm³/mol. The van der Waals surface area contributed by atoms with Crippen LogP contribution < -0.4 is 10.2 Å². The van der Waals surface area contributed by atoms with E-state index in [4.69, 9.17) is 9.47 Å². The Morgan fingerprint density at radius 3 is 2.55 bits per heavy atom. The first kappa shape index (κ1) is 23.0. The number of anilines is 2. The van der Waals surface area contributed by atoms with Crippen molar-refractivity contribution in [2.75, 3.05) is 36.5 Å². The largest absolute Gasteiger partial charge is 0.448 e. The zero-order valence-electron chi connectivity index (χ0n) is 19.0. The SMILES string of the molecule is CC(C)n1nccc1NC(=O)[C@@H](C)OC(=O)c1cc(-c2ccccc2)c(N2CCOCC2)s1. The Balaban J connectivity index is 1.51. The molecule has 0 bridgehead atoms. The number of benzene rings is 1. The molecule has 1 N–H and O–H groups in total. The molecule has 0 saturated carbocycles. The summed E-state index contributed by atoms with van der Waals surface area (Å²) in [6, 6.07) is 13.6. The Morgan fingerprint density at radius 1 is 1.12 bits per heavy atom. The van der Waals surface area contributed by atoms with Crippen molar-refractivity contribution in [3.8, 4) is 11.1 Å². The van der Waals surface area contributed by atoms with Crippen molar-refractivity contribution in [1.29, 1.82) is 0 Å². The van der Waals surface area contributed by atoms with Crippen LogP contribution in [0.4, 0.5) is 10.8 Å². The van der Waals surface area contributed by atoms with Crippen LogP contribution in [0.5, 0.6) is 0 Å². The molecule has 1 amide bonds. The average Bonchev–Trinajstić information content (AvgIpc) is 3.48. The molecule has 0 unspecified atom stereocenters. The van der Waals surface area contributed by atoms with Gasteiger partial charge in [0.2, 0.25) is 0 Å². The van der Waals surface area contributed by atoms with Gasteiger partial charge < -0.3 is 19.7 Å². The summed E-state index contributed by atoms with van der Waals surface area (Å²) in [5.41, 5.74) is 2.01. The lowest BCUT2D eigenvalue weighted by Gasteiger charge is -2.28. The van der Waals surface area contributed by atoms with E-state index in [-0.39, 0.29) is 6.04 Å². The van der Waals surface area contributed by atoms with Crippen molar-refractivity contribution in [2.45, 2.75) is 32.9 Å². The Bertz CT molecular complexity index is 1100. The van der Waals surface area contributed by atoms with E-state index in [1.165, 1.54) is 11.3 Å². The molecule has 9 heteroatoms. The fourth-order valence-electron chi connectivity index (χ4n) is 3.63. The quantitative estimate of drug-likeness (QED) is 0.523. The normalized spacial score (nSPS) is 14.8. The van der Waals surface area contributed by atoms with Crippen LogP contribution in [-0.4, -0.2) is 54.1 Å². The van der Waals surface area contributed by atoms with Gasteiger partial charge >= 0.3 is 5.97 Å². The number of esters is 1. The first-order valence-electron chi connectivity index (χ1n) is 11.0. The van der Waals surface area contributed by atoms with Crippen LogP contribution in [-0.2, 0) is 14.3 Å². The van der Waals surface area contributed by atoms with Gasteiger partial charge in [0.25, 0.3) is 5.91 Å². The second kappa shape index (κ2) is 10.2. The van der Waals surface area contributed by atoms with Gasteiger partial charge in [0, 0.05) is 30.8 Å². The van der Waals surface area contributed by atoms with E-state index in [0.717, 1.165) is 29.2 Å². The van der Waals surface area contributed by atoms with E-state index in [2.05, 4.69) is 15.3 Å². The monoisotopic (exact) mass is 468 g/mol. The number of hydrogen-bond acceptors (Lipinski definition) is 7. The maximum Gasteiger partial charge on any atom is 0.349 e. The number of thiophene rings is 1. The summed E-state index contributed by atoms with van der Waals surface area (Å²) in [4.78, 5) is 28.3. The molecular formula is C24H28N4O4S. The second-order valence-corrected chi connectivity index (χ2v) is 9.12. The summed E-state index contributed by atoms with van der Waals surface area (Å²) in [6.07, 6.45) is 0.665. The molecule has 1 aromatic carbocycles. The van der Waals surface area contributed by atoms with Crippen molar-refractivity contribution in [2.24, 2.45) is 0 Å².